The minimum atomic E-state index is -3.30. The minimum Gasteiger partial charge on any atom is -0.383 e. The van der Waals surface area contributed by atoms with Gasteiger partial charge in [-0.15, -0.1) is 12.4 Å². The van der Waals surface area contributed by atoms with Gasteiger partial charge in [0.15, 0.2) is 0 Å². The van der Waals surface area contributed by atoms with Crippen molar-refractivity contribution in [2.24, 2.45) is 0 Å². The van der Waals surface area contributed by atoms with E-state index in [-0.39, 0.29) is 18.3 Å². The second-order valence-electron chi connectivity index (χ2n) is 4.45. The Morgan fingerprint density at radius 2 is 1.77 bits per heavy atom. The zero-order valence-electron chi connectivity index (χ0n) is 12.6. The smallest absolute Gasteiger partial charge is 0.251 e. The zero-order valence-corrected chi connectivity index (χ0v) is 14.2. The first-order valence-corrected chi connectivity index (χ1v) is 8.37. The van der Waals surface area contributed by atoms with E-state index >= 15 is 0 Å². The van der Waals surface area contributed by atoms with Gasteiger partial charge in [0, 0.05) is 38.0 Å². The van der Waals surface area contributed by atoms with E-state index < -0.39 is 10.0 Å². The fourth-order valence-corrected chi connectivity index (χ4v) is 2.13. The number of sulfonamides is 1. The van der Waals surface area contributed by atoms with Crippen molar-refractivity contribution in [2.75, 3.05) is 44.3 Å². The molecular formula is C13H22ClN3O4S. The number of halogens is 1. The molecule has 0 radical (unpaired) electrons. The Balaban J connectivity index is 0.00000441. The van der Waals surface area contributed by atoms with Crippen molar-refractivity contribution in [1.82, 2.24) is 10.6 Å². The Morgan fingerprint density at radius 1 is 1.14 bits per heavy atom. The van der Waals surface area contributed by atoms with Crippen LogP contribution in [-0.2, 0) is 14.8 Å². The van der Waals surface area contributed by atoms with Crippen molar-refractivity contribution in [2.45, 2.75) is 0 Å². The van der Waals surface area contributed by atoms with Crippen molar-refractivity contribution in [1.29, 1.82) is 0 Å². The van der Waals surface area contributed by atoms with E-state index in [0.29, 0.717) is 30.9 Å². The van der Waals surface area contributed by atoms with E-state index in [1.165, 1.54) is 0 Å². The molecule has 0 bridgehead atoms. The van der Waals surface area contributed by atoms with Crippen molar-refractivity contribution >= 4 is 34.0 Å². The highest BCUT2D eigenvalue weighted by Gasteiger charge is 2.06. The van der Waals surface area contributed by atoms with Crippen LogP contribution in [0.1, 0.15) is 10.4 Å². The first-order valence-electron chi connectivity index (χ1n) is 6.48. The maximum atomic E-state index is 11.8. The third-order valence-electron chi connectivity index (χ3n) is 2.52. The number of ether oxygens (including phenoxy) is 1. The van der Waals surface area contributed by atoms with Gasteiger partial charge in [-0.3, -0.25) is 9.52 Å². The quantitative estimate of drug-likeness (QED) is 0.561. The second kappa shape index (κ2) is 10.4. The van der Waals surface area contributed by atoms with Crippen LogP contribution in [0.3, 0.4) is 0 Å². The number of amides is 1. The zero-order chi connectivity index (χ0) is 15.7. The van der Waals surface area contributed by atoms with Gasteiger partial charge in [0.05, 0.1) is 12.9 Å². The van der Waals surface area contributed by atoms with Crippen molar-refractivity contribution in [3.05, 3.63) is 29.8 Å². The van der Waals surface area contributed by atoms with Crippen LogP contribution in [0.15, 0.2) is 24.3 Å². The summed E-state index contributed by atoms with van der Waals surface area (Å²) in [6.07, 6.45) is 1.07. The molecule has 1 aromatic rings. The third-order valence-corrected chi connectivity index (χ3v) is 3.13. The van der Waals surface area contributed by atoms with Gasteiger partial charge in [-0.05, 0) is 24.3 Å². The van der Waals surface area contributed by atoms with Gasteiger partial charge in [0.1, 0.15) is 0 Å². The maximum Gasteiger partial charge on any atom is 0.251 e. The van der Waals surface area contributed by atoms with Crippen LogP contribution in [0.4, 0.5) is 5.69 Å². The molecule has 0 unspecified atom stereocenters. The molecule has 0 saturated heterocycles. The standard InChI is InChI=1S/C13H21N3O4S.ClH/c1-20-10-9-14-7-8-15-13(17)11-3-5-12(6-4-11)16-21(2,18)19;/h3-6,14,16H,7-10H2,1-2H3,(H,15,17);1H. The molecule has 7 nitrogen and oxygen atoms in total. The Hall–Kier alpha value is -1.35. The lowest BCUT2D eigenvalue weighted by molar-refractivity contribution is 0.0953. The molecule has 1 amide bonds. The summed E-state index contributed by atoms with van der Waals surface area (Å²) in [5, 5.41) is 5.87. The second-order valence-corrected chi connectivity index (χ2v) is 6.20. The molecule has 0 atom stereocenters. The van der Waals surface area contributed by atoms with E-state index in [9.17, 15) is 13.2 Å². The fraction of sp³-hybridized carbons (Fsp3) is 0.462. The molecule has 3 N–H and O–H groups in total. The van der Waals surface area contributed by atoms with Crippen molar-refractivity contribution < 1.29 is 17.9 Å². The minimum absolute atomic E-state index is 0. The number of anilines is 1. The first-order chi connectivity index (χ1) is 9.92. The number of carbonyl (C=O) groups is 1. The SMILES string of the molecule is COCCNCCNC(=O)c1ccc(NS(C)(=O)=O)cc1.Cl. The molecule has 126 valence electrons. The Morgan fingerprint density at radius 3 is 2.32 bits per heavy atom. The number of rotatable bonds is 9. The number of methoxy groups -OCH3 is 1. The fourth-order valence-electron chi connectivity index (χ4n) is 1.57. The lowest BCUT2D eigenvalue weighted by Gasteiger charge is -2.08. The molecule has 0 fully saturated rings. The van der Waals surface area contributed by atoms with Gasteiger partial charge in [0.2, 0.25) is 10.0 Å². The first kappa shape index (κ1) is 20.6. The molecule has 1 rings (SSSR count). The summed E-state index contributed by atoms with van der Waals surface area (Å²) < 4.78 is 29.3. The van der Waals surface area contributed by atoms with Crippen molar-refractivity contribution in [3.63, 3.8) is 0 Å². The summed E-state index contributed by atoms with van der Waals surface area (Å²) in [5.41, 5.74) is 0.904. The Kier molecular flexibility index (Phi) is 9.75. The topological polar surface area (TPSA) is 96.5 Å². The van der Waals surface area contributed by atoms with Gasteiger partial charge in [-0.1, -0.05) is 0 Å². The molecule has 0 aliphatic carbocycles. The molecule has 0 aliphatic heterocycles. The molecular weight excluding hydrogens is 330 g/mol. The maximum absolute atomic E-state index is 11.8. The van der Waals surface area contributed by atoms with Crippen LogP contribution >= 0.6 is 12.4 Å². The van der Waals surface area contributed by atoms with Crippen LogP contribution < -0.4 is 15.4 Å². The van der Waals surface area contributed by atoms with Crippen molar-refractivity contribution in [3.8, 4) is 0 Å². The molecule has 0 spiro atoms. The number of hydrogen-bond acceptors (Lipinski definition) is 5. The van der Waals surface area contributed by atoms with Gasteiger partial charge in [-0.25, -0.2) is 8.42 Å². The lowest BCUT2D eigenvalue weighted by atomic mass is 10.2. The average molecular weight is 352 g/mol. The lowest BCUT2D eigenvalue weighted by Crippen LogP contribution is -2.33. The van der Waals surface area contributed by atoms with E-state index in [0.717, 1.165) is 12.8 Å². The van der Waals surface area contributed by atoms with Crippen LogP contribution in [0.5, 0.6) is 0 Å². The highest BCUT2D eigenvalue weighted by atomic mass is 35.5. The van der Waals surface area contributed by atoms with Gasteiger partial charge in [0.25, 0.3) is 5.91 Å². The van der Waals surface area contributed by atoms with Gasteiger partial charge >= 0.3 is 0 Å². The highest BCUT2D eigenvalue weighted by molar-refractivity contribution is 7.92. The van der Waals surface area contributed by atoms with Crippen LogP contribution in [0, 0.1) is 0 Å². The predicted molar refractivity (Wildman–Crippen MR) is 89.2 cm³/mol. The van der Waals surface area contributed by atoms with Crippen LogP contribution in [-0.4, -0.2) is 53.9 Å². The number of nitrogens with one attached hydrogen (secondary N) is 3. The summed E-state index contributed by atoms with van der Waals surface area (Å²) in [6, 6.07) is 6.24. The van der Waals surface area contributed by atoms with Crippen LogP contribution in [0.25, 0.3) is 0 Å². The molecule has 0 aromatic heterocycles. The van der Waals surface area contributed by atoms with Gasteiger partial charge in [-0.2, -0.15) is 0 Å². The number of benzene rings is 1. The summed E-state index contributed by atoms with van der Waals surface area (Å²) in [6.45, 7) is 2.52. The molecule has 0 aliphatic rings. The van der Waals surface area contributed by atoms with E-state index in [1.807, 2.05) is 0 Å². The molecule has 9 heteroatoms. The summed E-state index contributed by atoms with van der Waals surface area (Å²) in [7, 11) is -1.67. The summed E-state index contributed by atoms with van der Waals surface area (Å²) >= 11 is 0. The van der Waals surface area contributed by atoms with Crippen LogP contribution in [0.2, 0.25) is 0 Å². The summed E-state index contributed by atoms with van der Waals surface area (Å²) in [4.78, 5) is 11.8. The van der Waals surface area contributed by atoms with E-state index in [4.69, 9.17) is 4.74 Å². The molecule has 0 heterocycles. The Labute approximate surface area is 137 Å². The monoisotopic (exact) mass is 351 g/mol. The molecule has 0 saturated carbocycles. The largest absolute Gasteiger partial charge is 0.383 e. The van der Waals surface area contributed by atoms with E-state index in [1.54, 1.807) is 31.4 Å². The molecule has 1 aromatic carbocycles. The average Bonchev–Trinajstić information content (AvgIpc) is 2.41. The predicted octanol–water partition coefficient (Wildman–Crippen LogP) is 0.446. The summed E-state index contributed by atoms with van der Waals surface area (Å²) in [5.74, 6) is -0.200. The normalized spacial score (nSPS) is 10.6. The number of hydrogen-bond donors (Lipinski definition) is 3. The highest BCUT2D eigenvalue weighted by Crippen LogP contribution is 2.10. The number of carbonyl (C=O) groups excluding carboxylic acids is 1. The Bertz CT molecular complexity index is 549. The third kappa shape index (κ3) is 8.83. The molecule has 22 heavy (non-hydrogen) atoms. The van der Waals surface area contributed by atoms with E-state index in [2.05, 4.69) is 15.4 Å². The van der Waals surface area contributed by atoms with Gasteiger partial charge < -0.3 is 15.4 Å².